The van der Waals surface area contributed by atoms with Gasteiger partial charge >= 0.3 is 0 Å². The zero-order valence-corrected chi connectivity index (χ0v) is 9.15. The Morgan fingerprint density at radius 1 is 1.43 bits per heavy atom. The highest BCUT2D eigenvalue weighted by Gasteiger charge is 2.12. The van der Waals surface area contributed by atoms with Crippen LogP contribution in [0.5, 0.6) is 0 Å². The third-order valence-electron chi connectivity index (χ3n) is 2.75. The van der Waals surface area contributed by atoms with Crippen molar-refractivity contribution in [1.29, 1.82) is 0 Å². The number of nitrogens with one attached hydrogen (secondary N) is 1. The second-order valence-corrected chi connectivity index (χ2v) is 4.78. The Labute approximate surface area is 88.7 Å². The molecule has 0 radical (unpaired) electrons. The Kier molecular flexibility index (Phi) is 3.37. The quantitative estimate of drug-likeness (QED) is 0.805. The van der Waals surface area contributed by atoms with E-state index in [-0.39, 0.29) is 0 Å². The molecule has 14 heavy (non-hydrogen) atoms. The molecule has 1 aliphatic rings. The van der Waals surface area contributed by atoms with Gasteiger partial charge in [0.15, 0.2) is 5.13 Å². The molecule has 0 spiro atoms. The van der Waals surface area contributed by atoms with Gasteiger partial charge in [0.1, 0.15) is 0 Å². The highest BCUT2D eigenvalue weighted by molar-refractivity contribution is 7.13. The first-order valence-electron chi connectivity index (χ1n) is 5.28. The summed E-state index contributed by atoms with van der Waals surface area (Å²) in [5.41, 5.74) is 6.65. The van der Waals surface area contributed by atoms with E-state index in [4.69, 9.17) is 5.73 Å². The van der Waals surface area contributed by atoms with E-state index < -0.39 is 0 Å². The number of nitrogens with two attached hydrogens (primary N) is 1. The van der Waals surface area contributed by atoms with Gasteiger partial charge in [0.25, 0.3) is 0 Å². The molecule has 2 rings (SSSR count). The number of nitrogens with zero attached hydrogens (tertiary/aromatic N) is 1. The molecule has 0 atom stereocenters. The molecule has 1 aromatic heterocycles. The first kappa shape index (κ1) is 9.93. The lowest BCUT2D eigenvalue weighted by Gasteiger charge is -2.22. The molecular weight excluding hydrogens is 194 g/mol. The zero-order valence-electron chi connectivity index (χ0n) is 8.33. The summed E-state index contributed by atoms with van der Waals surface area (Å²) in [5.74, 6) is 0. The summed E-state index contributed by atoms with van der Waals surface area (Å²) < 4.78 is 0. The number of hydrogen-bond donors (Lipinski definition) is 2. The topological polar surface area (TPSA) is 50.9 Å². The van der Waals surface area contributed by atoms with E-state index in [2.05, 4.69) is 10.3 Å². The maximum atomic E-state index is 5.57. The lowest BCUT2D eigenvalue weighted by molar-refractivity contribution is 0.371. The summed E-state index contributed by atoms with van der Waals surface area (Å²) in [6.45, 7) is 0.873. The van der Waals surface area contributed by atoms with Crippen molar-refractivity contribution < 1.29 is 0 Å². The predicted octanol–water partition coefficient (Wildman–Crippen LogP) is 2.15. The van der Waals surface area contributed by atoms with Gasteiger partial charge in [-0.1, -0.05) is 19.3 Å². The van der Waals surface area contributed by atoms with Crippen molar-refractivity contribution in [2.24, 2.45) is 0 Å². The molecule has 0 aliphatic heterocycles. The number of thiazole rings is 1. The Bertz CT molecular complexity index is 279. The van der Waals surface area contributed by atoms with Crippen molar-refractivity contribution in [2.75, 3.05) is 5.73 Å². The lowest BCUT2D eigenvalue weighted by Crippen LogP contribution is -2.30. The number of aromatic nitrogens is 1. The largest absolute Gasteiger partial charge is 0.375 e. The summed E-state index contributed by atoms with van der Waals surface area (Å²) in [6, 6.07) is 0.701. The van der Waals surface area contributed by atoms with Crippen LogP contribution in [0.2, 0.25) is 0 Å². The molecule has 1 saturated carbocycles. The molecule has 3 N–H and O–H groups in total. The minimum Gasteiger partial charge on any atom is -0.375 e. The average Bonchev–Trinajstić information content (AvgIpc) is 2.63. The number of anilines is 1. The van der Waals surface area contributed by atoms with Gasteiger partial charge < -0.3 is 11.1 Å². The van der Waals surface area contributed by atoms with Crippen molar-refractivity contribution in [1.82, 2.24) is 10.3 Å². The highest BCUT2D eigenvalue weighted by Crippen LogP contribution is 2.18. The summed E-state index contributed by atoms with van der Waals surface area (Å²) >= 11 is 1.52. The third kappa shape index (κ3) is 2.69. The predicted molar refractivity (Wildman–Crippen MR) is 60.2 cm³/mol. The molecule has 0 unspecified atom stereocenters. The number of nitrogen functional groups attached to an aromatic ring is 1. The zero-order chi connectivity index (χ0) is 9.80. The minimum absolute atomic E-state index is 0.672. The summed E-state index contributed by atoms with van der Waals surface area (Å²) in [6.07, 6.45) is 6.79. The van der Waals surface area contributed by atoms with Crippen molar-refractivity contribution in [3.05, 3.63) is 11.1 Å². The van der Waals surface area contributed by atoms with Crippen LogP contribution in [0.4, 0.5) is 5.13 Å². The van der Waals surface area contributed by atoms with Gasteiger partial charge in [0, 0.05) is 18.0 Å². The Morgan fingerprint density at radius 2 is 2.21 bits per heavy atom. The fraction of sp³-hybridized carbons (Fsp3) is 0.700. The molecule has 0 saturated heterocycles. The van der Waals surface area contributed by atoms with E-state index in [1.54, 1.807) is 0 Å². The number of rotatable bonds is 3. The van der Waals surface area contributed by atoms with E-state index in [1.165, 1.54) is 43.4 Å². The van der Waals surface area contributed by atoms with E-state index in [1.807, 2.05) is 5.38 Å². The standard InChI is InChI=1S/C10H17N3S/c11-10-13-9(7-14-10)6-12-8-4-2-1-3-5-8/h7-8,12H,1-6H2,(H2,11,13). The Morgan fingerprint density at radius 3 is 2.86 bits per heavy atom. The SMILES string of the molecule is Nc1nc(CNC2CCCCC2)cs1. The van der Waals surface area contributed by atoms with Crippen LogP contribution >= 0.6 is 11.3 Å². The van der Waals surface area contributed by atoms with Crippen molar-refractivity contribution >= 4 is 16.5 Å². The molecule has 0 aromatic carbocycles. The van der Waals surface area contributed by atoms with E-state index in [0.29, 0.717) is 11.2 Å². The smallest absolute Gasteiger partial charge is 0.180 e. The first-order chi connectivity index (χ1) is 6.84. The lowest BCUT2D eigenvalue weighted by atomic mass is 9.95. The highest BCUT2D eigenvalue weighted by atomic mass is 32.1. The van der Waals surface area contributed by atoms with Crippen LogP contribution in [0.3, 0.4) is 0 Å². The normalized spacial score (nSPS) is 18.6. The van der Waals surface area contributed by atoms with E-state index in [0.717, 1.165) is 12.2 Å². The van der Waals surface area contributed by atoms with Crippen LogP contribution < -0.4 is 11.1 Å². The first-order valence-corrected chi connectivity index (χ1v) is 6.16. The molecule has 0 bridgehead atoms. The fourth-order valence-corrected chi connectivity index (χ4v) is 2.52. The van der Waals surface area contributed by atoms with Crippen LogP contribution in [0.25, 0.3) is 0 Å². The molecular formula is C10H17N3S. The van der Waals surface area contributed by atoms with Gasteiger partial charge in [0.2, 0.25) is 0 Å². The number of hydrogen-bond acceptors (Lipinski definition) is 4. The van der Waals surface area contributed by atoms with Crippen LogP contribution in [0.1, 0.15) is 37.8 Å². The molecule has 4 heteroatoms. The second-order valence-electron chi connectivity index (χ2n) is 3.89. The van der Waals surface area contributed by atoms with E-state index in [9.17, 15) is 0 Å². The van der Waals surface area contributed by atoms with Crippen molar-refractivity contribution in [2.45, 2.75) is 44.7 Å². The minimum atomic E-state index is 0.672. The van der Waals surface area contributed by atoms with Gasteiger partial charge in [-0.05, 0) is 12.8 Å². The summed E-state index contributed by atoms with van der Waals surface area (Å²) in [7, 11) is 0. The molecule has 78 valence electrons. The molecule has 1 fully saturated rings. The van der Waals surface area contributed by atoms with Gasteiger partial charge in [-0.15, -0.1) is 11.3 Å². The third-order valence-corrected chi connectivity index (χ3v) is 3.47. The van der Waals surface area contributed by atoms with Gasteiger partial charge in [-0.25, -0.2) is 4.98 Å². The van der Waals surface area contributed by atoms with Crippen LogP contribution in [-0.4, -0.2) is 11.0 Å². The molecule has 0 amide bonds. The Balaban J connectivity index is 1.76. The van der Waals surface area contributed by atoms with Gasteiger partial charge in [-0.3, -0.25) is 0 Å². The van der Waals surface area contributed by atoms with Gasteiger partial charge in [-0.2, -0.15) is 0 Å². The molecule has 1 heterocycles. The van der Waals surface area contributed by atoms with E-state index >= 15 is 0 Å². The molecule has 3 nitrogen and oxygen atoms in total. The van der Waals surface area contributed by atoms with Crippen molar-refractivity contribution in [3.8, 4) is 0 Å². The monoisotopic (exact) mass is 211 g/mol. The van der Waals surface area contributed by atoms with Crippen LogP contribution in [-0.2, 0) is 6.54 Å². The fourth-order valence-electron chi connectivity index (χ4n) is 1.96. The maximum absolute atomic E-state index is 5.57. The summed E-state index contributed by atoms with van der Waals surface area (Å²) in [5, 5.41) is 6.24. The van der Waals surface area contributed by atoms with Crippen LogP contribution in [0, 0.1) is 0 Å². The maximum Gasteiger partial charge on any atom is 0.180 e. The van der Waals surface area contributed by atoms with Crippen LogP contribution in [0.15, 0.2) is 5.38 Å². The average molecular weight is 211 g/mol. The Hall–Kier alpha value is -0.610. The molecule has 1 aromatic rings. The van der Waals surface area contributed by atoms with Gasteiger partial charge in [0.05, 0.1) is 5.69 Å². The van der Waals surface area contributed by atoms with Crippen molar-refractivity contribution in [3.63, 3.8) is 0 Å². The second kappa shape index (κ2) is 4.75. The molecule has 1 aliphatic carbocycles. The summed E-state index contributed by atoms with van der Waals surface area (Å²) in [4.78, 5) is 4.23.